The first-order valence-corrected chi connectivity index (χ1v) is 18.8. The Hall–Kier alpha value is -1.24. The Bertz CT molecular complexity index is 851. The number of carbonyl (C=O) groups is 1. The normalized spacial score (nSPS) is 13.6. The fraction of sp³-hybridized carbons (Fsp3) is 0.800. The van der Waals surface area contributed by atoms with Gasteiger partial charge in [-0.15, -0.1) is 0 Å². The van der Waals surface area contributed by atoms with Crippen molar-refractivity contribution >= 4 is 13.6 Å². The van der Waals surface area contributed by atoms with Gasteiger partial charge in [-0.1, -0.05) is 121 Å². The molecular weight excluding hydrogens is 561 g/mol. The van der Waals surface area contributed by atoms with Crippen molar-refractivity contribution in [2.24, 2.45) is 5.92 Å². The minimum atomic E-state index is -4.17. The van der Waals surface area contributed by atoms with E-state index >= 15 is 0 Å². The van der Waals surface area contributed by atoms with Gasteiger partial charge in [-0.3, -0.25) is 9.05 Å². The van der Waals surface area contributed by atoms with Gasteiger partial charge in [0, 0.05) is 6.42 Å². The van der Waals surface area contributed by atoms with Crippen LogP contribution in [0.1, 0.15) is 141 Å². The standard InChI is InChI=1S/C35H64NO6P/c1-4-5-6-7-8-9-10-11-12-13-14-15-16-17-18-22-27-40-35-25-20-19-24-34(35)30-33(29-32(2)37)31-42-43(38,39)41-28-23-21-26-36-3/h19-20,24-25,33,36H,4-18,21-23,26-31H2,1-3H3,(H,38,39). The summed E-state index contributed by atoms with van der Waals surface area (Å²) in [7, 11) is -2.30. The summed E-state index contributed by atoms with van der Waals surface area (Å²) in [6, 6.07) is 7.85. The highest BCUT2D eigenvalue weighted by Gasteiger charge is 2.24. The predicted molar refractivity (Wildman–Crippen MR) is 179 cm³/mol. The Morgan fingerprint density at radius 2 is 1.33 bits per heavy atom. The lowest BCUT2D eigenvalue weighted by atomic mass is 9.95. The maximum Gasteiger partial charge on any atom is 0.472 e. The van der Waals surface area contributed by atoms with Crippen LogP contribution in [-0.2, 0) is 24.8 Å². The number of nitrogens with one attached hydrogen (secondary N) is 1. The van der Waals surface area contributed by atoms with Gasteiger partial charge in [-0.05, 0) is 63.7 Å². The predicted octanol–water partition coefficient (Wildman–Crippen LogP) is 9.60. The third kappa shape index (κ3) is 23.8. The van der Waals surface area contributed by atoms with Crippen molar-refractivity contribution in [2.45, 2.75) is 142 Å². The zero-order valence-electron chi connectivity index (χ0n) is 27.8. The van der Waals surface area contributed by atoms with E-state index in [1.54, 1.807) is 0 Å². The van der Waals surface area contributed by atoms with Crippen molar-refractivity contribution in [1.29, 1.82) is 0 Å². The molecule has 0 amide bonds. The fourth-order valence-electron chi connectivity index (χ4n) is 5.37. The molecule has 0 fully saturated rings. The van der Waals surface area contributed by atoms with Gasteiger partial charge in [0.15, 0.2) is 0 Å². The van der Waals surface area contributed by atoms with Gasteiger partial charge in [-0.25, -0.2) is 4.57 Å². The highest BCUT2D eigenvalue weighted by atomic mass is 31.2. The summed E-state index contributed by atoms with van der Waals surface area (Å²) in [5, 5.41) is 3.03. The van der Waals surface area contributed by atoms with E-state index in [4.69, 9.17) is 13.8 Å². The number of ketones is 1. The SMILES string of the molecule is CCCCCCCCCCCCCCCCCCOc1ccccc1CC(COP(=O)(O)OCCCCNC)CC(C)=O. The van der Waals surface area contributed by atoms with Crippen molar-refractivity contribution in [3.8, 4) is 5.75 Å². The van der Waals surface area contributed by atoms with Gasteiger partial charge >= 0.3 is 7.82 Å². The molecule has 1 rings (SSSR count). The van der Waals surface area contributed by atoms with Crippen LogP contribution in [0.2, 0.25) is 0 Å². The zero-order chi connectivity index (χ0) is 31.4. The van der Waals surface area contributed by atoms with Crippen molar-refractivity contribution in [2.75, 3.05) is 33.4 Å². The first-order chi connectivity index (χ1) is 20.9. The average Bonchev–Trinajstić information content (AvgIpc) is 2.98. The number of para-hydroxylation sites is 1. The second-order valence-electron chi connectivity index (χ2n) is 12.1. The molecule has 0 radical (unpaired) electrons. The molecule has 0 bridgehead atoms. The highest BCUT2D eigenvalue weighted by Crippen LogP contribution is 2.44. The van der Waals surface area contributed by atoms with Gasteiger partial charge < -0.3 is 19.7 Å². The molecule has 0 heterocycles. The lowest BCUT2D eigenvalue weighted by molar-refractivity contribution is -0.118. The number of unbranched alkanes of at least 4 members (excludes halogenated alkanes) is 16. The number of carbonyl (C=O) groups excluding carboxylic acids is 1. The molecule has 43 heavy (non-hydrogen) atoms. The van der Waals surface area contributed by atoms with Crippen LogP contribution in [0.15, 0.2) is 24.3 Å². The number of rotatable bonds is 31. The third-order valence-corrected chi connectivity index (χ3v) is 8.85. The fourth-order valence-corrected chi connectivity index (χ4v) is 6.21. The van der Waals surface area contributed by atoms with Crippen LogP contribution in [-0.4, -0.2) is 44.1 Å². The number of Topliss-reactive ketones (excluding diaryl/α,β-unsaturated/α-hetero) is 1. The Balaban J connectivity index is 2.25. The number of hydrogen-bond acceptors (Lipinski definition) is 6. The second-order valence-corrected chi connectivity index (χ2v) is 13.6. The van der Waals surface area contributed by atoms with E-state index in [-0.39, 0.29) is 31.3 Å². The van der Waals surface area contributed by atoms with E-state index < -0.39 is 7.82 Å². The van der Waals surface area contributed by atoms with Crippen LogP contribution < -0.4 is 10.1 Å². The lowest BCUT2D eigenvalue weighted by Crippen LogP contribution is -2.16. The van der Waals surface area contributed by atoms with Gasteiger partial charge in [0.2, 0.25) is 0 Å². The molecule has 0 spiro atoms. The molecule has 1 aromatic rings. The van der Waals surface area contributed by atoms with E-state index in [0.29, 0.717) is 19.4 Å². The van der Waals surface area contributed by atoms with Gasteiger partial charge in [0.1, 0.15) is 11.5 Å². The summed E-state index contributed by atoms with van der Waals surface area (Å²) in [6.45, 7) is 5.42. The topological polar surface area (TPSA) is 94.1 Å². The average molecular weight is 626 g/mol. The third-order valence-electron chi connectivity index (χ3n) is 7.86. The number of phosphoric acid groups is 1. The second kappa shape index (κ2) is 27.1. The minimum absolute atomic E-state index is 0.0147. The van der Waals surface area contributed by atoms with Crippen molar-refractivity contribution < 1.29 is 28.0 Å². The molecule has 8 heteroatoms. The molecular formula is C35H64NO6P. The largest absolute Gasteiger partial charge is 0.493 e. The van der Waals surface area contributed by atoms with Crippen LogP contribution in [0.4, 0.5) is 0 Å². The van der Waals surface area contributed by atoms with E-state index in [2.05, 4.69) is 12.2 Å². The van der Waals surface area contributed by atoms with E-state index in [0.717, 1.165) is 30.7 Å². The van der Waals surface area contributed by atoms with Crippen LogP contribution in [0.5, 0.6) is 5.75 Å². The summed E-state index contributed by atoms with van der Waals surface area (Å²) in [6.07, 6.45) is 23.7. The summed E-state index contributed by atoms with van der Waals surface area (Å²) < 4.78 is 28.8. The molecule has 0 aliphatic rings. The van der Waals surface area contributed by atoms with Crippen molar-refractivity contribution in [3.05, 3.63) is 29.8 Å². The Morgan fingerprint density at radius 1 is 0.791 bits per heavy atom. The van der Waals surface area contributed by atoms with Gasteiger partial charge in [0.05, 0.1) is 19.8 Å². The smallest absolute Gasteiger partial charge is 0.472 e. The number of benzene rings is 1. The first kappa shape index (κ1) is 39.8. The number of hydrogen-bond donors (Lipinski definition) is 2. The van der Waals surface area contributed by atoms with E-state index in [1.165, 1.54) is 103 Å². The van der Waals surface area contributed by atoms with E-state index in [1.807, 2.05) is 31.3 Å². The van der Waals surface area contributed by atoms with Crippen LogP contribution >= 0.6 is 7.82 Å². The molecule has 1 aromatic carbocycles. The quantitative estimate of drug-likeness (QED) is 0.0627. The molecule has 7 nitrogen and oxygen atoms in total. The first-order valence-electron chi connectivity index (χ1n) is 17.3. The highest BCUT2D eigenvalue weighted by molar-refractivity contribution is 7.47. The zero-order valence-corrected chi connectivity index (χ0v) is 28.7. The number of phosphoric ester groups is 1. The van der Waals surface area contributed by atoms with Gasteiger partial charge in [0.25, 0.3) is 0 Å². The maximum absolute atomic E-state index is 12.3. The van der Waals surface area contributed by atoms with Crippen molar-refractivity contribution in [3.63, 3.8) is 0 Å². The lowest BCUT2D eigenvalue weighted by Gasteiger charge is -2.20. The van der Waals surface area contributed by atoms with Gasteiger partial charge in [-0.2, -0.15) is 0 Å². The Morgan fingerprint density at radius 3 is 1.88 bits per heavy atom. The molecule has 2 atom stereocenters. The monoisotopic (exact) mass is 625 g/mol. The molecule has 0 saturated carbocycles. The summed E-state index contributed by atoms with van der Waals surface area (Å²) in [4.78, 5) is 22.0. The maximum atomic E-state index is 12.3. The molecule has 0 aliphatic carbocycles. The summed E-state index contributed by atoms with van der Waals surface area (Å²) in [5.74, 6) is 0.581. The molecule has 2 N–H and O–H groups in total. The van der Waals surface area contributed by atoms with Crippen LogP contribution in [0, 0.1) is 5.92 Å². The Kier molecular flexibility index (Phi) is 25.1. The van der Waals surface area contributed by atoms with Crippen LogP contribution in [0.3, 0.4) is 0 Å². The molecule has 0 aromatic heterocycles. The number of ether oxygens (including phenoxy) is 1. The van der Waals surface area contributed by atoms with E-state index in [9.17, 15) is 14.3 Å². The Labute approximate surface area is 263 Å². The molecule has 0 saturated heterocycles. The summed E-state index contributed by atoms with van der Waals surface area (Å²) >= 11 is 0. The van der Waals surface area contributed by atoms with Crippen molar-refractivity contribution in [1.82, 2.24) is 5.32 Å². The summed E-state index contributed by atoms with van der Waals surface area (Å²) in [5.41, 5.74) is 0.981. The molecule has 0 aliphatic heterocycles. The van der Waals surface area contributed by atoms with Crippen LogP contribution in [0.25, 0.3) is 0 Å². The molecule has 2 unspecified atom stereocenters. The minimum Gasteiger partial charge on any atom is -0.493 e. The molecule has 250 valence electrons.